The van der Waals surface area contributed by atoms with Gasteiger partial charge in [-0.15, -0.1) is 0 Å². The highest BCUT2D eigenvalue weighted by molar-refractivity contribution is 6.36. The lowest BCUT2D eigenvalue weighted by Crippen LogP contribution is -2.15. The molecule has 2 aromatic rings. The molecule has 0 fully saturated rings. The zero-order valence-corrected chi connectivity index (χ0v) is 14.8. The van der Waals surface area contributed by atoms with Crippen LogP contribution < -0.4 is 10.6 Å². The van der Waals surface area contributed by atoms with E-state index in [9.17, 15) is 10.1 Å². The number of rotatable bonds is 4. The molecule has 0 saturated carbocycles. The van der Waals surface area contributed by atoms with E-state index >= 15 is 0 Å². The summed E-state index contributed by atoms with van der Waals surface area (Å²) < 4.78 is 0. The predicted molar refractivity (Wildman–Crippen MR) is 98.6 cm³/mol. The highest BCUT2D eigenvalue weighted by Crippen LogP contribution is 2.26. The summed E-state index contributed by atoms with van der Waals surface area (Å²) in [4.78, 5) is 12.2. The molecule has 1 amide bonds. The molecule has 2 N–H and O–H groups in total. The minimum absolute atomic E-state index is 0.102. The number of nitrogens with one attached hydrogen (secondary N) is 2. The second-order valence-electron chi connectivity index (χ2n) is 4.85. The van der Waals surface area contributed by atoms with Gasteiger partial charge in [-0.05, 0) is 48.9 Å². The van der Waals surface area contributed by atoms with Crippen LogP contribution in [0.15, 0.2) is 48.2 Å². The van der Waals surface area contributed by atoms with E-state index in [1.165, 1.54) is 12.3 Å². The SMILES string of the molecule is Cc1cc(Cl)ccc1N/C=C(/C#N)C(=O)Nc1ccc(Cl)cc1Cl. The number of aryl methyl sites for hydroxylation is 1. The Bertz CT molecular complexity index is 857. The van der Waals surface area contributed by atoms with E-state index in [0.717, 1.165) is 11.3 Å². The molecule has 0 aliphatic rings. The van der Waals surface area contributed by atoms with Gasteiger partial charge in [-0.25, -0.2) is 0 Å². The van der Waals surface area contributed by atoms with Crippen molar-refractivity contribution >= 4 is 52.1 Å². The number of anilines is 2. The average molecular weight is 381 g/mol. The summed E-state index contributed by atoms with van der Waals surface area (Å²) in [6, 6.07) is 11.8. The van der Waals surface area contributed by atoms with Gasteiger partial charge >= 0.3 is 0 Å². The van der Waals surface area contributed by atoms with Gasteiger partial charge in [0.25, 0.3) is 5.91 Å². The van der Waals surface area contributed by atoms with E-state index in [1.54, 1.807) is 30.3 Å². The molecular weight excluding hydrogens is 369 g/mol. The fraction of sp³-hybridized carbons (Fsp3) is 0.0588. The molecule has 2 aromatic carbocycles. The van der Waals surface area contributed by atoms with Crippen LogP contribution in [0, 0.1) is 18.3 Å². The summed E-state index contributed by atoms with van der Waals surface area (Å²) >= 11 is 17.7. The van der Waals surface area contributed by atoms with Gasteiger partial charge in [-0.2, -0.15) is 5.26 Å². The first-order valence-corrected chi connectivity index (χ1v) is 7.93. The fourth-order valence-electron chi connectivity index (χ4n) is 1.87. The number of hydrogen-bond acceptors (Lipinski definition) is 3. The van der Waals surface area contributed by atoms with Crippen LogP contribution in [-0.2, 0) is 4.79 Å². The van der Waals surface area contributed by atoms with Crippen molar-refractivity contribution in [2.24, 2.45) is 0 Å². The Morgan fingerprint density at radius 1 is 1.08 bits per heavy atom. The second-order valence-corrected chi connectivity index (χ2v) is 6.13. The van der Waals surface area contributed by atoms with Crippen molar-refractivity contribution in [2.45, 2.75) is 6.92 Å². The van der Waals surface area contributed by atoms with Crippen LogP contribution in [0.3, 0.4) is 0 Å². The van der Waals surface area contributed by atoms with Crippen molar-refractivity contribution in [1.29, 1.82) is 5.26 Å². The molecule has 0 atom stereocenters. The largest absolute Gasteiger partial charge is 0.360 e. The quantitative estimate of drug-likeness (QED) is 0.550. The molecule has 7 heteroatoms. The Kier molecular flexibility index (Phi) is 6.10. The maximum absolute atomic E-state index is 12.2. The first-order chi connectivity index (χ1) is 11.4. The third-order valence-corrected chi connectivity index (χ3v) is 3.89. The molecule has 0 unspecified atom stereocenters. The zero-order valence-electron chi connectivity index (χ0n) is 12.5. The number of halogens is 3. The fourth-order valence-corrected chi connectivity index (χ4v) is 2.55. The van der Waals surface area contributed by atoms with E-state index in [-0.39, 0.29) is 10.6 Å². The van der Waals surface area contributed by atoms with Crippen LogP contribution in [0.25, 0.3) is 0 Å². The zero-order chi connectivity index (χ0) is 17.7. The van der Waals surface area contributed by atoms with E-state index < -0.39 is 5.91 Å². The lowest BCUT2D eigenvalue weighted by Gasteiger charge is -2.08. The maximum atomic E-state index is 12.2. The third-order valence-electron chi connectivity index (χ3n) is 3.10. The Balaban J connectivity index is 2.15. The Morgan fingerprint density at radius 2 is 1.71 bits per heavy atom. The van der Waals surface area contributed by atoms with Crippen molar-refractivity contribution in [3.8, 4) is 6.07 Å². The molecule has 0 aliphatic heterocycles. The number of carbonyl (C=O) groups excluding carboxylic acids is 1. The van der Waals surface area contributed by atoms with Crippen molar-refractivity contribution in [3.63, 3.8) is 0 Å². The maximum Gasteiger partial charge on any atom is 0.267 e. The summed E-state index contributed by atoms with van der Waals surface area (Å²) in [6.07, 6.45) is 1.33. The van der Waals surface area contributed by atoms with Crippen LogP contribution in [0.4, 0.5) is 11.4 Å². The van der Waals surface area contributed by atoms with Gasteiger partial charge < -0.3 is 10.6 Å². The van der Waals surface area contributed by atoms with E-state index in [1.807, 2.05) is 13.0 Å². The summed E-state index contributed by atoms with van der Waals surface area (Å²) in [5.41, 5.74) is 1.90. The van der Waals surface area contributed by atoms with Gasteiger partial charge in [0.2, 0.25) is 0 Å². The van der Waals surface area contributed by atoms with Gasteiger partial charge in [0, 0.05) is 21.9 Å². The topological polar surface area (TPSA) is 64.9 Å². The Morgan fingerprint density at radius 3 is 2.29 bits per heavy atom. The standard InChI is InChI=1S/C17H12Cl3N3O/c1-10-6-12(18)2-4-15(10)22-9-11(8-21)17(24)23-16-5-3-13(19)7-14(16)20/h2-7,9,22H,1H3,(H,23,24)/b11-9-. The lowest BCUT2D eigenvalue weighted by molar-refractivity contribution is -0.112. The average Bonchev–Trinajstić information content (AvgIpc) is 2.52. The number of carbonyl (C=O) groups is 1. The van der Waals surface area contributed by atoms with Crippen molar-refractivity contribution < 1.29 is 4.79 Å². The molecule has 0 aromatic heterocycles. The number of amides is 1. The van der Waals surface area contributed by atoms with Gasteiger partial charge in [0.05, 0.1) is 10.7 Å². The van der Waals surface area contributed by atoms with E-state index in [4.69, 9.17) is 34.8 Å². The molecule has 0 aliphatic carbocycles. The summed E-state index contributed by atoms with van der Waals surface area (Å²) in [7, 11) is 0. The highest BCUT2D eigenvalue weighted by Gasteiger charge is 2.11. The molecule has 0 heterocycles. The normalized spacial score (nSPS) is 10.9. The Labute approximate surface area is 154 Å². The van der Waals surface area contributed by atoms with Crippen molar-refractivity contribution in [2.75, 3.05) is 10.6 Å². The molecule has 0 bridgehead atoms. The van der Waals surface area contributed by atoms with E-state index in [2.05, 4.69) is 10.6 Å². The lowest BCUT2D eigenvalue weighted by atomic mass is 10.2. The van der Waals surface area contributed by atoms with Crippen LogP contribution in [-0.4, -0.2) is 5.91 Å². The molecule has 24 heavy (non-hydrogen) atoms. The predicted octanol–water partition coefficient (Wildman–Crippen LogP) is 5.41. The van der Waals surface area contributed by atoms with Crippen LogP contribution in [0.5, 0.6) is 0 Å². The van der Waals surface area contributed by atoms with Crippen LogP contribution >= 0.6 is 34.8 Å². The van der Waals surface area contributed by atoms with Crippen molar-refractivity contribution in [3.05, 3.63) is 68.8 Å². The first kappa shape index (κ1) is 18.2. The molecule has 0 radical (unpaired) electrons. The smallest absolute Gasteiger partial charge is 0.267 e. The minimum Gasteiger partial charge on any atom is -0.360 e. The monoisotopic (exact) mass is 379 g/mol. The number of nitrogens with zero attached hydrogens (tertiary/aromatic N) is 1. The van der Waals surface area contributed by atoms with E-state index in [0.29, 0.717) is 15.7 Å². The third kappa shape index (κ3) is 4.65. The number of hydrogen-bond donors (Lipinski definition) is 2. The van der Waals surface area contributed by atoms with Gasteiger partial charge in [0.15, 0.2) is 0 Å². The van der Waals surface area contributed by atoms with Crippen LogP contribution in [0.2, 0.25) is 15.1 Å². The van der Waals surface area contributed by atoms with Crippen LogP contribution in [0.1, 0.15) is 5.56 Å². The Hall–Kier alpha value is -2.19. The molecule has 122 valence electrons. The van der Waals surface area contributed by atoms with Gasteiger partial charge in [-0.3, -0.25) is 4.79 Å². The summed E-state index contributed by atoms with van der Waals surface area (Å²) in [6.45, 7) is 1.86. The van der Waals surface area contributed by atoms with Gasteiger partial charge in [0.1, 0.15) is 11.6 Å². The molecule has 0 saturated heterocycles. The second kappa shape index (κ2) is 8.07. The molecule has 0 spiro atoms. The van der Waals surface area contributed by atoms with Crippen molar-refractivity contribution in [1.82, 2.24) is 0 Å². The first-order valence-electron chi connectivity index (χ1n) is 6.80. The highest BCUT2D eigenvalue weighted by atomic mass is 35.5. The molecule has 2 rings (SSSR count). The summed E-state index contributed by atoms with van der Waals surface area (Å²) in [5.74, 6) is -0.583. The van der Waals surface area contributed by atoms with Gasteiger partial charge in [-0.1, -0.05) is 34.8 Å². The molecular formula is C17H12Cl3N3O. The minimum atomic E-state index is -0.583. The number of benzene rings is 2. The number of nitriles is 1. The summed E-state index contributed by atoms with van der Waals surface area (Å²) in [5, 5.41) is 16.0. The molecule has 4 nitrogen and oxygen atoms in total.